The number of thiophene rings is 1. The zero-order valence-electron chi connectivity index (χ0n) is 16.1. The van der Waals surface area contributed by atoms with Gasteiger partial charge in [0.05, 0.1) is 24.6 Å². The minimum Gasteiger partial charge on any atom is -0.383 e. The highest BCUT2D eigenvalue weighted by atomic mass is 32.1. The molecule has 150 valence electrons. The molecule has 9 heteroatoms. The number of methoxy groups -OCH3 is 2. The van der Waals surface area contributed by atoms with E-state index in [1.807, 2.05) is 6.92 Å². The lowest BCUT2D eigenvalue weighted by molar-refractivity contribution is 0.00357. The molecule has 0 radical (unpaired) electrons. The number of hydrogen-bond donors (Lipinski definition) is 2. The van der Waals surface area contributed by atoms with Crippen molar-refractivity contribution in [3.63, 3.8) is 0 Å². The van der Waals surface area contributed by atoms with Crippen molar-refractivity contribution >= 4 is 21.6 Å². The van der Waals surface area contributed by atoms with E-state index in [-0.39, 0.29) is 23.4 Å². The molecule has 1 fully saturated rings. The molecule has 0 aliphatic heterocycles. The average molecular weight is 397 g/mol. The predicted molar refractivity (Wildman–Crippen MR) is 107 cm³/mol. The van der Waals surface area contributed by atoms with Crippen molar-refractivity contribution < 1.29 is 9.47 Å². The molecular weight excluding hydrogens is 368 g/mol. The fraction of sp³-hybridized carbons (Fsp3) is 0.667. The summed E-state index contributed by atoms with van der Waals surface area (Å²) in [6.45, 7) is 4.67. The number of nitrogens with zero attached hydrogens (tertiary/aromatic N) is 2. The van der Waals surface area contributed by atoms with Crippen LogP contribution in [0.15, 0.2) is 9.59 Å². The van der Waals surface area contributed by atoms with Crippen LogP contribution < -0.4 is 22.3 Å². The number of ether oxygens (including phenoxy) is 2. The van der Waals surface area contributed by atoms with Gasteiger partial charge in [0.1, 0.15) is 4.83 Å². The smallest absolute Gasteiger partial charge is 0.332 e. The fourth-order valence-electron chi connectivity index (χ4n) is 3.53. The van der Waals surface area contributed by atoms with Crippen LogP contribution in [-0.2, 0) is 22.6 Å². The van der Waals surface area contributed by atoms with Gasteiger partial charge in [-0.1, -0.05) is 0 Å². The summed E-state index contributed by atoms with van der Waals surface area (Å²) in [7, 11) is 3.27. The Morgan fingerprint density at radius 2 is 2.04 bits per heavy atom. The van der Waals surface area contributed by atoms with Gasteiger partial charge >= 0.3 is 5.69 Å². The molecule has 1 aliphatic rings. The van der Waals surface area contributed by atoms with Crippen molar-refractivity contribution in [1.29, 1.82) is 0 Å². The second-order valence-electron chi connectivity index (χ2n) is 6.88. The minimum atomic E-state index is -0.258. The molecular formula is C18H28N4O4S. The van der Waals surface area contributed by atoms with Crippen LogP contribution in [0.4, 0.5) is 0 Å². The van der Waals surface area contributed by atoms with Gasteiger partial charge in [-0.15, -0.1) is 11.3 Å². The SMILES string of the molecule is COCCn1c(=O)n([C@H]2C[C@H](OC)C2)c(=O)c2c(C)c(CNCCN)sc21. The maximum absolute atomic E-state index is 13.2. The lowest BCUT2D eigenvalue weighted by Gasteiger charge is -2.35. The Hall–Kier alpha value is -1.52. The first-order valence-electron chi connectivity index (χ1n) is 9.23. The lowest BCUT2D eigenvalue weighted by atomic mass is 9.89. The van der Waals surface area contributed by atoms with Crippen LogP contribution in [0.5, 0.6) is 0 Å². The summed E-state index contributed by atoms with van der Waals surface area (Å²) in [5.41, 5.74) is 6.03. The topological polar surface area (TPSA) is 101 Å². The molecule has 0 amide bonds. The van der Waals surface area contributed by atoms with E-state index in [0.717, 1.165) is 15.3 Å². The average Bonchev–Trinajstić information content (AvgIpc) is 2.93. The molecule has 3 N–H and O–H groups in total. The van der Waals surface area contributed by atoms with Gasteiger partial charge in [0.25, 0.3) is 5.56 Å². The van der Waals surface area contributed by atoms with E-state index < -0.39 is 0 Å². The molecule has 0 bridgehead atoms. The highest BCUT2D eigenvalue weighted by Crippen LogP contribution is 2.34. The Labute approximate surface area is 161 Å². The standard InChI is InChI=1S/C18H28N4O4S/c1-11-14(10-20-5-4-19)27-17-15(11)16(23)22(12-8-13(9-12)26-3)18(24)21(17)6-7-25-2/h12-13,20H,4-10,19H2,1-3H3/t12-,13-. The number of fused-ring (bicyclic) bond motifs is 1. The molecule has 8 nitrogen and oxygen atoms in total. The maximum atomic E-state index is 13.2. The van der Waals surface area contributed by atoms with Crippen LogP contribution in [0.2, 0.25) is 0 Å². The monoisotopic (exact) mass is 396 g/mol. The van der Waals surface area contributed by atoms with Crippen molar-refractivity contribution in [2.45, 2.75) is 45.0 Å². The summed E-state index contributed by atoms with van der Waals surface area (Å²) in [4.78, 5) is 28.1. The van der Waals surface area contributed by atoms with Crippen LogP contribution in [0.1, 0.15) is 29.3 Å². The minimum absolute atomic E-state index is 0.105. The van der Waals surface area contributed by atoms with E-state index in [9.17, 15) is 9.59 Å². The van der Waals surface area contributed by atoms with Gasteiger partial charge in [0, 0.05) is 44.8 Å². The van der Waals surface area contributed by atoms with E-state index in [2.05, 4.69) is 5.32 Å². The number of aromatic nitrogens is 2. The Morgan fingerprint density at radius 1 is 1.30 bits per heavy atom. The maximum Gasteiger partial charge on any atom is 0.332 e. The third-order valence-corrected chi connectivity index (χ3v) is 6.55. The van der Waals surface area contributed by atoms with Crippen LogP contribution >= 0.6 is 11.3 Å². The van der Waals surface area contributed by atoms with Gasteiger partial charge in [-0.05, 0) is 25.3 Å². The second-order valence-corrected chi connectivity index (χ2v) is 7.96. The molecule has 2 aromatic rings. The second kappa shape index (κ2) is 8.66. The van der Waals surface area contributed by atoms with Gasteiger partial charge in [-0.25, -0.2) is 4.79 Å². The highest BCUT2D eigenvalue weighted by Gasteiger charge is 2.34. The quantitative estimate of drug-likeness (QED) is 0.602. The Balaban J connectivity index is 2.12. The largest absolute Gasteiger partial charge is 0.383 e. The predicted octanol–water partition coefficient (Wildman–Crippen LogP) is 0.578. The molecule has 0 aromatic carbocycles. The van der Waals surface area contributed by atoms with Gasteiger partial charge in [-0.2, -0.15) is 0 Å². The first-order valence-corrected chi connectivity index (χ1v) is 10.0. The Bertz CT molecular complexity index is 911. The molecule has 2 heterocycles. The van der Waals surface area contributed by atoms with Crippen LogP contribution in [0.25, 0.3) is 10.2 Å². The molecule has 0 unspecified atom stereocenters. The first-order chi connectivity index (χ1) is 13.0. The van der Waals surface area contributed by atoms with Gasteiger partial charge in [-0.3, -0.25) is 13.9 Å². The van der Waals surface area contributed by atoms with E-state index in [1.54, 1.807) is 18.8 Å². The molecule has 0 atom stereocenters. The molecule has 3 rings (SSSR count). The summed E-state index contributed by atoms with van der Waals surface area (Å²) in [6.07, 6.45) is 1.49. The number of aryl methyl sites for hydroxylation is 1. The molecule has 1 aliphatic carbocycles. The third kappa shape index (κ3) is 3.74. The van der Waals surface area contributed by atoms with Gasteiger partial charge in [0.15, 0.2) is 0 Å². The van der Waals surface area contributed by atoms with Crippen molar-refractivity contribution in [3.05, 3.63) is 31.3 Å². The molecule has 27 heavy (non-hydrogen) atoms. The first kappa shape index (κ1) is 20.2. The van der Waals surface area contributed by atoms with Crippen LogP contribution in [0, 0.1) is 6.92 Å². The normalized spacial score (nSPS) is 19.6. The summed E-state index contributed by atoms with van der Waals surface area (Å²) >= 11 is 1.50. The van der Waals surface area contributed by atoms with Crippen molar-refractivity contribution in [3.8, 4) is 0 Å². The van der Waals surface area contributed by atoms with Crippen molar-refractivity contribution in [2.24, 2.45) is 5.73 Å². The van der Waals surface area contributed by atoms with E-state index in [0.29, 0.717) is 51.0 Å². The summed E-state index contributed by atoms with van der Waals surface area (Å²) < 4.78 is 13.6. The molecule has 0 saturated heterocycles. The number of nitrogens with two attached hydrogens (primary N) is 1. The van der Waals surface area contributed by atoms with E-state index in [4.69, 9.17) is 15.2 Å². The summed E-state index contributed by atoms with van der Waals surface area (Å²) in [5.74, 6) is 0. The lowest BCUT2D eigenvalue weighted by Crippen LogP contribution is -2.47. The van der Waals surface area contributed by atoms with E-state index >= 15 is 0 Å². The van der Waals surface area contributed by atoms with Crippen molar-refractivity contribution in [1.82, 2.24) is 14.5 Å². The number of nitrogens with one attached hydrogen (secondary N) is 1. The van der Waals surface area contributed by atoms with E-state index in [1.165, 1.54) is 15.9 Å². The zero-order chi connectivity index (χ0) is 19.6. The third-order valence-electron chi connectivity index (χ3n) is 5.24. The fourth-order valence-corrected chi connectivity index (χ4v) is 4.81. The molecule has 0 spiro atoms. The van der Waals surface area contributed by atoms with Gasteiger partial charge in [0.2, 0.25) is 0 Å². The Morgan fingerprint density at radius 3 is 2.67 bits per heavy atom. The molecule has 2 aromatic heterocycles. The Kier molecular flexibility index (Phi) is 6.48. The summed E-state index contributed by atoms with van der Waals surface area (Å²) in [6, 6.07) is -0.105. The summed E-state index contributed by atoms with van der Waals surface area (Å²) in [5, 5.41) is 3.91. The van der Waals surface area contributed by atoms with Crippen molar-refractivity contribution in [2.75, 3.05) is 33.9 Å². The number of rotatable bonds is 9. The van der Waals surface area contributed by atoms with Crippen LogP contribution in [-0.4, -0.2) is 49.2 Å². The highest BCUT2D eigenvalue weighted by molar-refractivity contribution is 7.18. The molecule has 1 saturated carbocycles. The number of hydrogen-bond acceptors (Lipinski definition) is 7. The van der Waals surface area contributed by atoms with Gasteiger partial charge < -0.3 is 20.5 Å². The van der Waals surface area contributed by atoms with Crippen LogP contribution in [0.3, 0.4) is 0 Å². The zero-order valence-corrected chi connectivity index (χ0v) is 16.9.